The van der Waals surface area contributed by atoms with E-state index >= 15 is 0 Å². The molecule has 0 saturated carbocycles. The van der Waals surface area contributed by atoms with Crippen molar-refractivity contribution in [3.8, 4) is 6.07 Å². The van der Waals surface area contributed by atoms with Crippen LogP contribution in [0.25, 0.3) is 0 Å². The lowest BCUT2D eigenvalue weighted by Crippen LogP contribution is -2.44. The van der Waals surface area contributed by atoms with Crippen LogP contribution in [0.3, 0.4) is 0 Å². The third-order valence-corrected chi connectivity index (χ3v) is 7.99. The Balaban J connectivity index is 1.36. The van der Waals surface area contributed by atoms with Crippen molar-refractivity contribution in [1.82, 2.24) is 20.6 Å². The van der Waals surface area contributed by atoms with Gasteiger partial charge in [0.15, 0.2) is 0 Å². The molecule has 2 fully saturated rings. The monoisotopic (exact) mass is 615 g/mol. The number of aromatic nitrogens is 2. The van der Waals surface area contributed by atoms with E-state index in [2.05, 4.69) is 26.7 Å². The SMILES string of the molecule is N#Cc1ccc(CCNC(=O)C2CCCN2c2cc(N3CCC(CCCC(=O)NCC(=O)O)CC3)nc(C(F)(F)F)n2)cc1. The second-order valence-electron chi connectivity index (χ2n) is 11.1. The Bertz CT molecular complexity index is 1360. The van der Waals surface area contributed by atoms with Crippen LogP contribution in [-0.4, -0.2) is 71.6 Å². The summed E-state index contributed by atoms with van der Waals surface area (Å²) in [5.41, 5.74) is 1.50. The van der Waals surface area contributed by atoms with Gasteiger partial charge in [0, 0.05) is 38.7 Å². The number of carbonyl (C=O) groups is 3. The van der Waals surface area contributed by atoms with Gasteiger partial charge in [0.2, 0.25) is 17.6 Å². The molecule has 0 aliphatic carbocycles. The summed E-state index contributed by atoms with van der Waals surface area (Å²) in [6.45, 7) is 1.30. The molecule has 0 bridgehead atoms. The van der Waals surface area contributed by atoms with Crippen LogP contribution in [-0.2, 0) is 27.0 Å². The minimum absolute atomic E-state index is 0.0709. The van der Waals surface area contributed by atoms with Crippen molar-refractivity contribution >= 4 is 29.4 Å². The summed E-state index contributed by atoms with van der Waals surface area (Å²) in [4.78, 5) is 46.5. The lowest BCUT2D eigenvalue weighted by molar-refractivity contribution is -0.144. The number of anilines is 2. The van der Waals surface area contributed by atoms with E-state index in [1.807, 2.05) is 12.1 Å². The van der Waals surface area contributed by atoms with Gasteiger partial charge in [0.25, 0.3) is 0 Å². The molecule has 14 heteroatoms. The molecule has 1 aromatic carbocycles. The molecule has 2 saturated heterocycles. The third kappa shape index (κ3) is 9.05. The highest BCUT2D eigenvalue weighted by Crippen LogP contribution is 2.34. The molecular weight excluding hydrogens is 579 g/mol. The Labute approximate surface area is 253 Å². The van der Waals surface area contributed by atoms with Crippen molar-refractivity contribution < 1.29 is 32.7 Å². The lowest BCUT2D eigenvalue weighted by Gasteiger charge is -2.34. The summed E-state index contributed by atoms with van der Waals surface area (Å²) in [7, 11) is 0. The van der Waals surface area contributed by atoms with E-state index in [0.29, 0.717) is 70.3 Å². The molecule has 3 N–H and O–H groups in total. The van der Waals surface area contributed by atoms with Crippen LogP contribution in [0.4, 0.5) is 24.8 Å². The van der Waals surface area contributed by atoms with Gasteiger partial charge in [-0.1, -0.05) is 12.1 Å². The Morgan fingerprint density at radius 2 is 1.73 bits per heavy atom. The van der Waals surface area contributed by atoms with Crippen molar-refractivity contribution in [3.63, 3.8) is 0 Å². The smallest absolute Gasteiger partial charge is 0.451 e. The molecule has 0 spiro atoms. The number of benzene rings is 1. The number of aliphatic carboxylic acids is 1. The van der Waals surface area contributed by atoms with E-state index in [-0.39, 0.29) is 35.8 Å². The van der Waals surface area contributed by atoms with Crippen molar-refractivity contribution in [2.75, 3.05) is 42.5 Å². The molecule has 2 aromatic rings. The van der Waals surface area contributed by atoms with E-state index in [0.717, 1.165) is 12.0 Å². The van der Waals surface area contributed by atoms with Crippen LogP contribution < -0.4 is 20.4 Å². The van der Waals surface area contributed by atoms with Crippen LogP contribution in [0.2, 0.25) is 0 Å². The Hall–Kier alpha value is -4.41. The summed E-state index contributed by atoms with van der Waals surface area (Å²) in [6, 6.07) is 9.98. The van der Waals surface area contributed by atoms with Gasteiger partial charge in [0.1, 0.15) is 24.2 Å². The normalized spacial score (nSPS) is 17.3. The first-order valence-electron chi connectivity index (χ1n) is 14.8. The number of hydrogen-bond donors (Lipinski definition) is 3. The molecule has 1 unspecified atom stereocenters. The van der Waals surface area contributed by atoms with E-state index in [4.69, 9.17) is 10.4 Å². The van der Waals surface area contributed by atoms with Crippen LogP contribution in [0, 0.1) is 17.2 Å². The molecule has 236 valence electrons. The number of carboxylic acid groups (broad SMARTS) is 1. The number of hydrogen-bond acceptors (Lipinski definition) is 8. The minimum atomic E-state index is -4.76. The fraction of sp³-hybridized carbons (Fsp3) is 0.533. The molecule has 0 radical (unpaired) electrons. The predicted octanol–water partition coefficient (Wildman–Crippen LogP) is 3.28. The van der Waals surface area contributed by atoms with Gasteiger partial charge in [-0.05, 0) is 68.6 Å². The topological polar surface area (TPSA) is 152 Å². The first-order chi connectivity index (χ1) is 21.0. The summed E-state index contributed by atoms with van der Waals surface area (Å²) >= 11 is 0. The van der Waals surface area contributed by atoms with Gasteiger partial charge in [0.05, 0.1) is 11.6 Å². The van der Waals surface area contributed by atoms with Crippen LogP contribution in [0.15, 0.2) is 30.3 Å². The zero-order valence-corrected chi connectivity index (χ0v) is 24.3. The predicted molar refractivity (Wildman–Crippen MR) is 155 cm³/mol. The van der Waals surface area contributed by atoms with Crippen LogP contribution >= 0.6 is 0 Å². The van der Waals surface area contributed by atoms with Crippen LogP contribution in [0.5, 0.6) is 0 Å². The Kier molecular flexibility index (Phi) is 11.0. The maximum absolute atomic E-state index is 13.9. The van der Waals surface area contributed by atoms with Crippen molar-refractivity contribution in [3.05, 3.63) is 47.3 Å². The largest absolute Gasteiger partial charge is 0.480 e. The fourth-order valence-corrected chi connectivity index (χ4v) is 5.63. The second kappa shape index (κ2) is 14.9. The molecule has 11 nitrogen and oxygen atoms in total. The number of nitrogens with one attached hydrogen (secondary N) is 2. The standard InChI is InChI=1S/C30H36F3N7O4/c31-30(32,33)29-37-24(39-15-11-20(12-16-39)3-1-5-26(41)36-19-27(42)43)17-25(38-29)40-14-2-4-23(40)28(44)35-13-10-21-6-8-22(18-34)9-7-21/h6-9,17,20,23H,1-5,10-16,19H2,(H,35,44)(H,36,41)(H,42,43). The fourth-order valence-electron chi connectivity index (χ4n) is 5.63. The van der Waals surface area contributed by atoms with Gasteiger partial charge in [-0.25, -0.2) is 9.97 Å². The lowest BCUT2D eigenvalue weighted by atomic mass is 9.91. The maximum Gasteiger partial charge on any atom is 0.451 e. The minimum Gasteiger partial charge on any atom is -0.480 e. The average molecular weight is 616 g/mol. The zero-order valence-electron chi connectivity index (χ0n) is 24.3. The van der Waals surface area contributed by atoms with Crippen molar-refractivity contribution in [2.24, 2.45) is 5.92 Å². The molecule has 1 atom stereocenters. The Morgan fingerprint density at radius 1 is 1.02 bits per heavy atom. The molecular formula is C30H36F3N7O4. The average Bonchev–Trinajstić information content (AvgIpc) is 3.50. The first kappa shape index (κ1) is 32.5. The molecule has 3 heterocycles. The van der Waals surface area contributed by atoms with Gasteiger partial charge >= 0.3 is 12.1 Å². The number of halogens is 3. The Morgan fingerprint density at radius 3 is 2.39 bits per heavy atom. The molecule has 2 aliphatic rings. The highest BCUT2D eigenvalue weighted by molar-refractivity contribution is 5.85. The summed E-state index contributed by atoms with van der Waals surface area (Å²) in [5.74, 6) is -2.42. The number of alkyl halides is 3. The first-order valence-corrected chi connectivity index (χ1v) is 14.8. The number of carboxylic acids is 1. The highest BCUT2D eigenvalue weighted by Gasteiger charge is 2.39. The van der Waals surface area contributed by atoms with E-state index in [1.165, 1.54) is 6.07 Å². The van der Waals surface area contributed by atoms with E-state index < -0.39 is 30.6 Å². The van der Waals surface area contributed by atoms with Gasteiger partial charge in [-0.2, -0.15) is 18.4 Å². The quantitative estimate of drug-likeness (QED) is 0.327. The van der Waals surface area contributed by atoms with E-state index in [1.54, 1.807) is 21.9 Å². The van der Waals surface area contributed by atoms with Gasteiger partial charge in [-0.3, -0.25) is 14.4 Å². The molecule has 4 rings (SSSR count). The van der Waals surface area contributed by atoms with E-state index in [9.17, 15) is 27.6 Å². The van der Waals surface area contributed by atoms with Crippen LogP contribution in [0.1, 0.15) is 61.9 Å². The molecule has 2 amide bonds. The number of nitrogens with zero attached hydrogens (tertiary/aromatic N) is 5. The third-order valence-electron chi connectivity index (χ3n) is 7.99. The number of piperidine rings is 1. The van der Waals surface area contributed by atoms with Crippen molar-refractivity contribution in [1.29, 1.82) is 5.26 Å². The van der Waals surface area contributed by atoms with Crippen molar-refractivity contribution in [2.45, 2.75) is 63.6 Å². The summed E-state index contributed by atoms with van der Waals surface area (Å²) < 4.78 is 41.6. The zero-order chi connectivity index (χ0) is 31.7. The maximum atomic E-state index is 13.9. The number of nitriles is 1. The van der Waals surface area contributed by atoms with Gasteiger partial charge < -0.3 is 25.5 Å². The molecule has 1 aromatic heterocycles. The second-order valence-corrected chi connectivity index (χ2v) is 11.1. The summed E-state index contributed by atoms with van der Waals surface area (Å²) in [6.07, 6.45) is -0.0899. The molecule has 44 heavy (non-hydrogen) atoms. The number of rotatable bonds is 12. The van der Waals surface area contributed by atoms with Gasteiger partial charge in [-0.15, -0.1) is 0 Å². The number of amides is 2. The summed E-state index contributed by atoms with van der Waals surface area (Å²) in [5, 5.41) is 22.8. The number of carbonyl (C=O) groups excluding carboxylic acids is 2. The molecule has 2 aliphatic heterocycles. The highest BCUT2D eigenvalue weighted by atomic mass is 19.4.